The molecule has 118 valence electrons. The van der Waals surface area contributed by atoms with Gasteiger partial charge in [-0.25, -0.2) is 9.37 Å². The maximum absolute atomic E-state index is 14.6. The van der Waals surface area contributed by atoms with Crippen molar-refractivity contribution in [3.63, 3.8) is 0 Å². The highest BCUT2D eigenvalue weighted by molar-refractivity contribution is 6.34. The van der Waals surface area contributed by atoms with Gasteiger partial charge in [0.25, 0.3) is 0 Å². The van der Waals surface area contributed by atoms with E-state index >= 15 is 0 Å². The first-order valence-corrected chi connectivity index (χ1v) is 7.71. The first-order valence-electron chi connectivity index (χ1n) is 7.33. The molecule has 6 heteroatoms. The summed E-state index contributed by atoms with van der Waals surface area (Å²) in [5.74, 6) is 0.605. The van der Waals surface area contributed by atoms with Crippen molar-refractivity contribution in [2.45, 2.75) is 0 Å². The second-order valence-corrected chi connectivity index (χ2v) is 5.63. The molecule has 4 aromatic rings. The molecule has 0 aliphatic rings. The summed E-state index contributed by atoms with van der Waals surface area (Å²) in [7, 11) is 0. The fourth-order valence-corrected chi connectivity index (χ4v) is 2.83. The largest absolute Gasteiger partial charge is 0.323 e. The van der Waals surface area contributed by atoms with Gasteiger partial charge in [-0.05, 0) is 23.8 Å². The van der Waals surface area contributed by atoms with E-state index in [1.807, 2.05) is 54.6 Å². The monoisotopic (exact) mass is 338 g/mol. The van der Waals surface area contributed by atoms with E-state index in [9.17, 15) is 4.39 Å². The Morgan fingerprint density at radius 3 is 2.58 bits per heavy atom. The predicted octanol–water partition coefficient (Wildman–Crippen LogP) is 5.16. The number of aromatic nitrogens is 3. The number of nitrogens with zero attached hydrogens (tertiary/aromatic N) is 2. The highest BCUT2D eigenvalue weighted by Crippen LogP contribution is 2.37. The summed E-state index contributed by atoms with van der Waals surface area (Å²) in [6.07, 6.45) is 1.67. The van der Waals surface area contributed by atoms with Crippen LogP contribution in [0.4, 0.5) is 16.0 Å². The number of H-pyrrole nitrogens is 1. The van der Waals surface area contributed by atoms with Crippen molar-refractivity contribution in [1.82, 2.24) is 15.2 Å². The minimum atomic E-state index is -0.519. The Hall–Kier alpha value is -2.92. The molecule has 0 aliphatic carbocycles. The van der Waals surface area contributed by atoms with Crippen LogP contribution >= 0.6 is 11.6 Å². The van der Waals surface area contributed by atoms with Crippen LogP contribution in [0.25, 0.3) is 22.0 Å². The quantitative estimate of drug-likeness (QED) is 0.542. The molecule has 24 heavy (non-hydrogen) atoms. The summed E-state index contributed by atoms with van der Waals surface area (Å²) >= 11 is 6.22. The minimum Gasteiger partial charge on any atom is -0.323 e. The van der Waals surface area contributed by atoms with Crippen molar-refractivity contribution < 1.29 is 4.39 Å². The van der Waals surface area contributed by atoms with E-state index in [1.165, 1.54) is 0 Å². The van der Waals surface area contributed by atoms with Crippen LogP contribution in [0, 0.1) is 5.82 Å². The first kappa shape index (κ1) is 14.7. The number of anilines is 2. The molecule has 0 amide bonds. The van der Waals surface area contributed by atoms with E-state index in [0.29, 0.717) is 22.6 Å². The maximum Gasteiger partial charge on any atom is 0.168 e. The zero-order valence-electron chi connectivity index (χ0n) is 12.4. The summed E-state index contributed by atoms with van der Waals surface area (Å²) in [6, 6.07) is 16.8. The number of pyridine rings is 1. The standard InChI is InChI=1S/C18H12ClFN4/c19-15-12(11-6-2-1-3-7-11)10-13-17(16(15)20)23-24-18(13)22-14-8-4-5-9-21-14/h1-10H,(H2,21,22,23,24). The van der Waals surface area contributed by atoms with E-state index in [1.54, 1.807) is 6.20 Å². The number of hydrogen-bond donors (Lipinski definition) is 2. The molecule has 2 heterocycles. The summed E-state index contributed by atoms with van der Waals surface area (Å²) in [5, 5.41) is 10.6. The SMILES string of the molecule is Fc1c(Cl)c(-c2ccccc2)cc2c(Nc3ccccn3)n[nH]c12. The van der Waals surface area contributed by atoms with Gasteiger partial charge in [0.2, 0.25) is 0 Å². The molecule has 4 rings (SSSR count). The molecule has 0 radical (unpaired) electrons. The zero-order chi connectivity index (χ0) is 16.5. The van der Waals surface area contributed by atoms with Crippen molar-refractivity contribution >= 4 is 34.1 Å². The van der Waals surface area contributed by atoms with Crippen molar-refractivity contribution in [3.05, 3.63) is 71.6 Å². The number of nitrogens with one attached hydrogen (secondary N) is 2. The molecule has 0 saturated carbocycles. The molecule has 0 aliphatic heterocycles. The maximum atomic E-state index is 14.6. The lowest BCUT2D eigenvalue weighted by Crippen LogP contribution is -1.93. The van der Waals surface area contributed by atoms with Gasteiger partial charge >= 0.3 is 0 Å². The first-order chi connectivity index (χ1) is 11.7. The van der Waals surface area contributed by atoms with Gasteiger partial charge in [0.05, 0.1) is 5.02 Å². The summed E-state index contributed by atoms with van der Waals surface area (Å²) in [5.41, 5.74) is 1.72. The molecule has 0 fully saturated rings. The molecule has 0 bridgehead atoms. The van der Waals surface area contributed by atoms with E-state index in [0.717, 1.165) is 5.56 Å². The van der Waals surface area contributed by atoms with Gasteiger partial charge in [0, 0.05) is 17.1 Å². The van der Waals surface area contributed by atoms with E-state index in [4.69, 9.17) is 11.6 Å². The van der Waals surface area contributed by atoms with Gasteiger partial charge in [-0.1, -0.05) is 48.0 Å². The zero-order valence-corrected chi connectivity index (χ0v) is 13.2. The smallest absolute Gasteiger partial charge is 0.168 e. The Morgan fingerprint density at radius 1 is 1.04 bits per heavy atom. The summed E-state index contributed by atoms with van der Waals surface area (Å²) in [4.78, 5) is 4.20. The number of halogens is 2. The average Bonchev–Trinajstić information content (AvgIpc) is 3.02. The molecule has 0 atom stereocenters. The third-order valence-electron chi connectivity index (χ3n) is 3.74. The lowest BCUT2D eigenvalue weighted by Gasteiger charge is -2.08. The van der Waals surface area contributed by atoms with Crippen molar-refractivity contribution in [2.75, 3.05) is 5.32 Å². The number of fused-ring (bicyclic) bond motifs is 1. The van der Waals surface area contributed by atoms with Gasteiger partial charge in [-0.15, -0.1) is 0 Å². The molecule has 2 aromatic heterocycles. The number of benzene rings is 2. The van der Waals surface area contributed by atoms with Crippen LogP contribution in [0.5, 0.6) is 0 Å². The highest BCUT2D eigenvalue weighted by Gasteiger charge is 2.18. The van der Waals surface area contributed by atoms with Crippen molar-refractivity contribution in [2.24, 2.45) is 0 Å². The Kier molecular flexibility index (Phi) is 3.63. The Bertz CT molecular complexity index is 1000. The number of hydrogen-bond acceptors (Lipinski definition) is 3. The van der Waals surface area contributed by atoms with Crippen LogP contribution in [0.15, 0.2) is 60.8 Å². The Labute approximate surface area is 142 Å². The summed E-state index contributed by atoms with van der Waals surface area (Å²) < 4.78 is 14.6. The van der Waals surface area contributed by atoms with Crippen LogP contribution in [0.3, 0.4) is 0 Å². The average molecular weight is 339 g/mol. The number of aromatic amines is 1. The fraction of sp³-hybridized carbons (Fsp3) is 0. The lowest BCUT2D eigenvalue weighted by molar-refractivity contribution is 0.637. The van der Waals surface area contributed by atoms with Crippen LogP contribution < -0.4 is 5.32 Å². The third kappa shape index (κ3) is 2.49. The van der Waals surface area contributed by atoms with Crippen LogP contribution in [0.2, 0.25) is 5.02 Å². The second kappa shape index (κ2) is 5.94. The third-order valence-corrected chi connectivity index (χ3v) is 4.11. The molecule has 4 nitrogen and oxygen atoms in total. The number of rotatable bonds is 3. The molecule has 2 N–H and O–H groups in total. The molecule has 0 spiro atoms. The topological polar surface area (TPSA) is 53.6 Å². The van der Waals surface area contributed by atoms with E-state index in [2.05, 4.69) is 20.5 Å². The molecular formula is C18H12ClFN4. The normalized spacial score (nSPS) is 10.9. The lowest BCUT2D eigenvalue weighted by atomic mass is 10.0. The fourth-order valence-electron chi connectivity index (χ4n) is 2.58. The van der Waals surface area contributed by atoms with Crippen molar-refractivity contribution in [1.29, 1.82) is 0 Å². The van der Waals surface area contributed by atoms with Crippen molar-refractivity contribution in [3.8, 4) is 11.1 Å². The van der Waals surface area contributed by atoms with Gasteiger partial charge in [0.15, 0.2) is 11.6 Å². The van der Waals surface area contributed by atoms with Crippen LogP contribution in [0.1, 0.15) is 0 Å². The van der Waals surface area contributed by atoms with Gasteiger partial charge in [-0.2, -0.15) is 5.10 Å². The van der Waals surface area contributed by atoms with Gasteiger partial charge < -0.3 is 5.32 Å². The predicted molar refractivity (Wildman–Crippen MR) is 94.0 cm³/mol. The van der Waals surface area contributed by atoms with Gasteiger partial charge in [0.1, 0.15) is 11.3 Å². The van der Waals surface area contributed by atoms with Crippen LogP contribution in [-0.4, -0.2) is 15.2 Å². The molecular weight excluding hydrogens is 327 g/mol. The Balaban J connectivity index is 1.88. The highest BCUT2D eigenvalue weighted by atomic mass is 35.5. The van der Waals surface area contributed by atoms with Crippen LogP contribution in [-0.2, 0) is 0 Å². The van der Waals surface area contributed by atoms with Gasteiger partial charge in [-0.3, -0.25) is 5.10 Å². The minimum absolute atomic E-state index is 0.0711. The molecule has 0 saturated heterocycles. The molecule has 2 aromatic carbocycles. The van der Waals surface area contributed by atoms with E-state index in [-0.39, 0.29) is 10.5 Å². The van der Waals surface area contributed by atoms with E-state index < -0.39 is 5.82 Å². The Morgan fingerprint density at radius 2 is 1.83 bits per heavy atom. The molecule has 0 unspecified atom stereocenters. The second-order valence-electron chi connectivity index (χ2n) is 5.25. The summed E-state index contributed by atoms with van der Waals surface area (Å²) in [6.45, 7) is 0.